The first kappa shape index (κ1) is 11.6. The molecule has 2 rings (SSSR count). The molecule has 1 aliphatic rings. The fraction of sp³-hybridized carbons (Fsp3) is 0.400. The van der Waals surface area contributed by atoms with Crippen LogP contribution in [0.15, 0.2) is 15.9 Å². The number of nitrogens with one attached hydrogen (secondary N) is 1. The summed E-state index contributed by atoms with van der Waals surface area (Å²) < 4.78 is 0.933. The molecule has 0 bridgehead atoms. The van der Waals surface area contributed by atoms with E-state index in [-0.39, 0.29) is 11.9 Å². The summed E-state index contributed by atoms with van der Waals surface area (Å²) in [7, 11) is 0. The Balaban J connectivity index is 2.21. The number of amides is 3. The highest BCUT2D eigenvalue weighted by molar-refractivity contribution is 9.10. The van der Waals surface area contributed by atoms with Crippen LogP contribution >= 0.6 is 27.3 Å². The molecule has 0 atom stereocenters. The Hall–Kier alpha value is -0.880. The number of urea groups is 1. The quantitative estimate of drug-likeness (QED) is 0.853. The van der Waals surface area contributed by atoms with Crippen molar-refractivity contribution < 1.29 is 9.59 Å². The van der Waals surface area contributed by atoms with Gasteiger partial charge in [0.05, 0.1) is 6.54 Å². The van der Waals surface area contributed by atoms with E-state index in [4.69, 9.17) is 0 Å². The molecule has 1 N–H and O–H groups in total. The number of carbonyl (C=O) groups excluding carboxylic acids is 2. The Bertz CT molecular complexity index is 455. The molecule has 4 nitrogen and oxygen atoms in total. The van der Waals surface area contributed by atoms with E-state index < -0.39 is 5.54 Å². The first-order valence-corrected chi connectivity index (χ1v) is 6.45. The predicted molar refractivity (Wildman–Crippen MR) is 65.2 cm³/mol. The average molecular weight is 303 g/mol. The van der Waals surface area contributed by atoms with Crippen LogP contribution in [0.25, 0.3) is 0 Å². The van der Waals surface area contributed by atoms with Crippen LogP contribution in [0.2, 0.25) is 0 Å². The third-order valence-corrected chi connectivity index (χ3v) is 4.35. The lowest BCUT2D eigenvalue weighted by molar-refractivity contribution is -0.130. The highest BCUT2D eigenvalue weighted by atomic mass is 79.9. The van der Waals surface area contributed by atoms with Gasteiger partial charge < -0.3 is 5.32 Å². The van der Waals surface area contributed by atoms with Crippen LogP contribution in [0.3, 0.4) is 0 Å². The lowest BCUT2D eigenvalue weighted by Crippen LogP contribution is -2.40. The molecule has 16 heavy (non-hydrogen) atoms. The van der Waals surface area contributed by atoms with Crippen molar-refractivity contribution in [2.24, 2.45) is 0 Å². The smallest absolute Gasteiger partial charge is 0.324 e. The molecule has 0 spiro atoms. The van der Waals surface area contributed by atoms with Crippen molar-refractivity contribution in [2.75, 3.05) is 0 Å². The van der Waals surface area contributed by atoms with Crippen LogP contribution < -0.4 is 5.32 Å². The highest BCUT2D eigenvalue weighted by Gasteiger charge is 2.44. The molecule has 0 unspecified atom stereocenters. The molecule has 86 valence electrons. The zero-order chi connectivity index (χ0) is 11.9. The number of hydrogen-bond donors (Lipinski definition) is 1. The van der Waals surface area contributed by atoms with E-state index in [1.54, 1.807) is 13.8 Å². The minimum Gasteiger partial charge on any atom is -0.324 e. The van der Waals surface area contributed by atoms with Gasteiger partial charge in [0.1, 0.15) is 5.54 Å². The van der Waals surface area contributed by atoms with Gasteiger partial charge in [0.25, 0.3) is 5.91 Å². The van der Waals surface area contributed by atoms with Gasteiger partial charge in [-0.2, -0.15) is 0 Å². The molecule has 0 aliphatic carbocycles. The molecule has 1 aliphatic heterocycles. The lowest BCUT2D eigenvalue weighted by atomic mass is 10.1. The largest absolute Gasteiger partial charge is 0.325 e. The summed E-state index contributed by atoms with van der Waals surface area (Å²) in [6.45, 7) is 3.74. The van der Waals surface area contributed by atoms with Gasteiger partial charge in [-0.3, -0.25) is 9.69 Å². The van der Waals surface area contributed by atoms with E-state index in [0.29, 0.717) is 6.54 Å². The van der Waals surface area contributed by atoms with Gasteiger partial charge in [-0.25, -0.2) is 4.79 Å². The second-order valence-electron chi connectivity index (χ2n) is 4.14. The van der Waals surface area contributed by atoms with E-state index in [1.165, 1.54) is 16.2 Å². The van der Waals surface area contributed by atoms with E-state index in [9.17, 15) is 9.59 Å². The first-order chi connectivity index (χ1) is 7.42. The van der Waals surface area contributed by atoms with Gasteiger partial charge in [-0.15, -0.1) is 11.3 Å². The summed E-state index contributed by atoms with van der Waals surface area (Å²) in [6.07, 6.45) is 0. The maximum absolute atomic E-state index is 11.9. The number of rotatable bonds is 2. The van der Waals surface area contributed by atoms with Crippen molar-refractivity contribution >= 4 is 39.2 Å². The Kier molecular flexibility index (Phi) is 2.79. The minimum absolute atomic E-state index is 0.183. The second kappa shape index (κ2) is 3.85. The summed E-state index contributed by atoms with van der Waals surface area (Å²) in [5.41, 5.74) is -0.791. The SMILES string of the molecule is CC1(C)NC(=O)N(Cc2sccc2Br)C1=O. The lowest BCUT2D eigenvalue weighted by Gasteiger charge is -2.15. The number of thiophene rings is 1. The van der Waals surface area contributed by atoms with Crippen LogP contribution in [0.1, 0.15) is 18.7 Å². The van der Waals surface area contributed by atoms with Crippen LogP contribution in [0.5, 0.6) is 0 Å². The molecule has 1 saturated heterocycles. The summed E-state index contributed by atoms with van der Waals surface area (Å²) in [6, 6.07) is 1.58. The van der Waals surface area contributed by atoms with Gasteiger partial charge >= 0.3 is 6.03 Å². The highest BCUT2D eigenvalue weighted by Crippen LogP contribution is 2.27. The van der Waals surface area contributed by atoms with Crippen molar-refractivity contribution in [1.29, 1.82) is 0 Å². The Labute approximate surface area is 106 Å². The molecule has 1 aromatic rings. The van der Waals surface area contributed by atoms with Crippen molar-refractivity contribution in [3.63, 3.8) is 0 Å². The van der Waals surface area contributed by atoms with Gasteiger partial charge in [-0.1, -0.05) is 0 Å². The maximum atomic E-state index is 11.9. The fourth-order valence-corrected chi connectivity index (χ4v) is 3.01. The Morgan fingerprint density at radius 1 is 1.50 bits per heavy atom. The third kappa shape index (κ3) is 1.87. The minimum atomic E-state index is -0.791. The molecular formula is C10H11BrN2O2S. The number of carbonyl (C=O) groups is 2. The number of imide groups is 1. The van der Waals surface area contributed by atoms with Crippen LogP contribution in [-0.2, 0) is 11.3 Å². The molecule has 1 aromatic heterocycles. The van der Waals surface area contributed by atoms with Crippen molar-refractivity contribution in [3.8, 4) is 0 Å². The molecule has 3 amide bonds. The number of halogens is 1. The maximum Gasteiger partial charge on any atom is 0.325 e. The number of hydrogen-bond acceptors (Lipinski definition) is 3. The average Bonchev–Trinajstić information content (AvgIpc) is 2.65. The van der Waals surface area contributed by atoms with E-state index in [1.807, 2.05) is 11.4 Å². The van der Waals surface area contributed by atoms with Crippen LogP contribution in [-0.4, -0.2) is 22.4 Å². The summed E-state index contributed by atoms with van der Waals surface area (Å²) >= 11 is 4.90. The molecule has 0 aromatic carbocycles. The van der Waals surface area contributed by atoms with Gasteiger partial charge in [-0.05, 0) is 41.2 Å². The van der Waals surface area contributed by atoms with E-state index in [2.05, 4.69) is 21.2 Å². The second-order valence-corrected chi connectivity index (χ2v) is 5.99. The molecule has 1 fully saturated rings. The molecular weight excluding hydrogens is 292 g/mol. The zero-order valence-electron chi connectivity index (χ0n) is 8.91. The molecule has 0 saturated carbocycles. The van der Waals surface area contributed by atoms with E-state index in [0.717, 1.165) is 9.35 Å². The fourth-order valence-electron chi connectivity index (χ4n) is 1.54. The van der Waals surface area contributed by atoms with Crippen molar-refractivity contribution in [1.82, 2.24) is 10.2 Å². The molecule has 2 heterocycles. The standard InChI is InChI=1S/C10H11BrN2O2S/c1-10(2)8(14)13(9(15)12-10)5-7-6(11)3-4-16-7/h3-4H,5H2,1-2H3,(H,12,15). The van der Waals surface area contributed by atoms with Crippen molar-refractivity contribution in [2.45, 2.75) is 25.9 Å². The van der Waals surface area contributed by atoms with Crippen LogP contribution in [0, 0.1) is 0 Å². The monoisotopic (exact) mass is 302 g/mol. The molecule has 6 heteroatoms. The Morgan fingerprint density at radius 3 is 2.62 bits per heavy atom. The van der Waals surface area contributed by atoms with Crippen molar-refractivity contribution in [3.05, 3.63) is 20.8 Å². The van der Waals surface area contributed by atoms with E-state index >= 15 is 0 Å². The Morgan fingerprint density at radius 2 is 2.19 bits per heavy atom. The van der Waals surface area contributed by atoms with Gasteiger partial charge in [0.2, 0.25) is 0 Å². The van der Waals surface area contributed by atoms with Gasteiger partial charge in [0, 0.05) is 9.35 Å². The van der Waals surface area contributed by atoms with Crippen LogP contribution in [0.4, 0.5) is 4.79 Å². The normalized spacial score (nSPS) is 19.1. The first-order valence-electron chi connectivity index (χ1n) is 4.78. The summed E-state index contributed by atoms with van der Waals surface area (Å²) in [5.74, 6) is -0.183. The third-order valence-electron chi connectivity index (χ3n) is 2.44. The zero-order valence-corrected chi connectivity index (χ0v) is 11.3. The molecule has 0 radical (unpaired) electrons. The topological polar surface area (TPSA) is 49.4 Å². The predicted octanol–water partition coefficient (Wildman–Crippen LogP) is 2.34. The summed E-state index contributed by atoms with van der Waals surface area (Å²) in [5, 5.41) is 4.57. The number of nitrogens with zero attached hydrogens (tertiary/aromatic N) is 1. The summed E-state index contributed by atoms with van der Waals surface area (Å²) in [4.78, 5) is 25.7. The van der Waals surface area contributed by atoms with Gasteiger partial charge in [0.15, 0.2) is 0 Å².